The molecule has 8 nitrogen and oxygen atoms in total. The number of carbonyl (C=O) groups is 2. The summed E-state index contributed by atoms with van der Waals surface area (Å²) in [6.45, 7) is 3.29. The van der Waals surface area contributed by atoms with Gasteiger partial charge in [-0.1, -0.05) is 30.3 Å². The fourth-order valence-corrected chi connectivity index (χ4v) is 3.73. The van der Waals surface area contributed by atoms with Crippen molar-refractivity contribution < 1.29 is 22.4 Å². The molecule has 0 radical (unpaired) electrons. The molecule has 0 aliphatic rings. The third-order valence-corrected chi connectivity index (χ3v) is 6.08. The second-order valence-electron chi connectivity index (χ2n) is 7.22. The first-order valence-electron chi connectivity index (χ1n) is 10.1. The molecule has 0 bridgehead atoms. The number of hydrogen-bond acceptors (Lipinski definition) is 5. The van der Waals surface area contributed by atoms with Crippen LogP contribution in [0, 0.1) is 6.92 Å². The van der Waals surface area contributed by atoms with Crippen LogP contribution in [0.1, 0.15) is 28.6 Å². The second kappa shape index (κ2) is 10.1. The van der Waals surface area contributed by atoms with Crippen LogP contribution in [0.15, 0.2) is 71.3 Å². The molecule has 0 aliphatic carbocycles. The Morgan fingerprint density at radius 1 is 1.03 bits per heavy atom. The topological polar surface area (TPSA) is 118 Å². The highest BCUT2D eigenvalue weighted by Crippen LogP contribution is 2.21. The Balaban J connectivity index is 1.76. The average molecular weight is 456 g/mol. The minimum Gasteiger partial charge on any atom is -0.459 e. The molecule has 1 aromatic heterocycles. The minimum atomic E-state index is -3.41. The smallest absolute Gasteiger partial charge is 0.287 e. The fourth-order valence-electron chi connectivity index (χ4n) is 3.02. The van der Waals surface area contributed by atoms with Crippen LogP contribution in [-0.4, -0.2) is 32.0 Å². The Hall–Kier alpha value is -3.59. The summed E-state index contributed by atoms with van der Waals surface area (Å²) in [6, 6.07) is 16.5. The van der Waals surface area contributed by atoms with Crippen molar-refractivity contribution in [2.75, 3.05) is 15.8 Å². The van der Waals surface area contributed by atoms with Crippen molar-refractivity contribution in [1.82, 2.24) is 5.32 Å². The van der Waals surface area contributed by atoms with Crippen LogP contribution in [0.3, 0.4) is 0 Å². The van der Waals surface area contributed by atoms with E-state index in [0.29, 0.717) is 16.9 Å². The van der Waals surface area contributed by atoms with E-state index in [1.54, 1.807) is 38.1 Å². The van der Waals surface area contributed by atoms with E-state index < -0.39 is 27.9 Å². The van der Waals surface area contributed by atoms with Crippen LogP contribution in [0.5, 0.6) is 0 Å². The predicted octanol–water partition coefficient (Wildman–Crippen LogP) is 3.33. The molecule has 2 amide bonds. The molecule has 0 fully saturated rings. The summed E-state index contributed by atoms with van der Waals surface area (Å²) in [6.07, 6.45) is 1.67. The maximum atomic E-state index is 13.0. The molecular formula is C23H25N3O5S. The van der Waals surface area contributed by atoms with Gasteiger partial charge in [-0.15, -0.1) is 0 Å². The van der Waals surface area contributed by atoms with Gasteiger partial charge >= 0.3 is 0 Å². The van der Waals surface area contributed by atoms with Crippen LogP contribution in [0.2, 0.25) is 0 Å². The number of furan rings is 1. The van der Waals surface area contributed by atoms with Gasteiger partial charge in [0.15, 0.2) is 5.76 Å². The van der Waals surface area contributed by atoms with Gasteiger partial charge < -0.3 is 15.1 Å². The van der Waals surface area contributed by atoms with Crippen LogP contribution >= 0.6 is 0 Å². The molecule has 1 atom stereocenters. The highest BCUT2D eigenvalue weighted by atomic mass is 32.2. The molecule has 0 aliphatic heterocycles. The first-order chi connectivity index (χ1) is 15.3. The summed E-state index contributed by atoms with van der Waals surface area (Å²) in [5.41, 5.74) is 2.46. The molecule has 3 rings (SSSR count). The Labute approximate surface area is 187 Å². The molecule has 1 heterocycles. The van der Waals surface area contributed by atoms with E-state index in [-0.39, 0.29) is 17.9 Å². The number of nitrogens with one attached hydrogen (secondary N) is 3. The summed E-state index contributed by atoms with van der Waals surface area (Å²) in [5, 5.41) is 5.51. The summed E-state index contributed by atoms with van der Waals surface area (Å²) >= 11 is 0. The van der Waals surface area contributed by atoms with E-state index >= 15 is 0 Å². The predicted molar refractivity (Wildman–Crippen MR) is 123 cm³/mol. The Bertz CT molecular complexity index is 1180. The van der Waals surface area contributed by atoms with Crippen LogP contribution in [0.25, 0.3) is 0 Å². The summed E-state index contributed by atoms with van der Waals surface area (Å²) in [4.78, 5) is 25.5. The molecule has 0 saturated heterocycles. The lowest BCUT2D eigenvalue weighted by Gasteiger charge is -2.19. The van der Waals surface area contributed by atoms with Gasteiger partial charge in [0.2, 0.25) is 15.9 Å². The van der Waals surface area contributed by atoms with Crippen molar-refractivity contribution in [3.63, 3.8) is 0 Å². The zero-order valence-electron chi connectivity index (χ0n) is 17.8. The van der Waals surface area contributed by atoms with Crippen LogP contribution in [0.4, 0.5) is 11.4 Å². The van der Waals surface area contributed by atoms with E-state index in [1.165, 1.54) is 12.3 Å². The largest absolute Gasteiger partial charge is 0.459 e. The molecular weight excluding hydrogens is 430 g/mol. The molecule has 9 heteroatoms. The van der Waals surface area contributed by atoms with E-state index in [4.69, 9.17) is 4.42 Å². The van der Waals surface area contributed by atoms with Gasteiger partial charge in [-0.05, 0) is 55.3 Å². The van der Waals surface area contributed by atoms with Gasteiger partial charge in [0.05, 0.1) is 17.7 Å². The third-order valence-electron chi connectivity index (χ3n) is 4.79. The van der Waals surface area contributed by atoms with Crippen molar-refractivity contribution >= 4 is 33.2 Å². The summed E-state index contributed by atoms with van der Waals surface area (Å²) < 4.78 is 31.3. The Kier molecular flexibility index (Phi) is 7.32. The Morgan fingerprint density at radius 3 is 2.41 bits per heavy atom. The number of anilines is 2. The Morgan fingerprint density at radius 2 is 1.78 bits per heavy atom. The normalized spacial score (nSPS) is 12.1. The fraction of sp³-hybridized carbons (Fsp3) is 0.217. The van der Waals surface area contributed by atoms with Crippen molar-refractivity contribution in [1.29, 1.82) is 0 Å². The number of hydrogen-bond donors (Lipinski definition) is 3. The van der Waals surface area contributed by atoms with E-state index in [9.17, 15) is 18.0 Å². The molecule has 0 saturated carbocycles. The van der Waals surface area contributed by atoms with E-state index in [1.807, 2.05) is 30.3 Å². The van der Waals surface area contributed by atoms with Gasteiger partial charge in [0.25, 0.3) is 5.91 Å². The maximum absolute atomic E-state index is 13.0. The number of carbonyl (C=O) groups excluding carboxylic acids is 2. The first-order valence-corrected chi connectivity index (χ1v) is 11.7. The van der Waals surface area contributed by atoms with Gasteiger partial charge in [-0.2, -0.15) is 0 Å². The molecule has 32 heavy (non-hydrogen) atoms. The second-order valence-corrected chi connectivity index (χ2v) is 9.23. The van der Waals surface area contributed by atoms with E-state index in [2.05, 4.69) is 15.4 Å². The average Bonchev–Trinajstić information content (AvgIpc) is 3.31. The lowest BCUT2D eigenvalue weighted by molar-refractivity contribution is -0.118. The third kappa shape index (κ3) is 6.21. The molecule has 1 unspecified atom stereocenters. The lowest BCUT2D eigenvalue weighted by Crippen LogP contribution is -2.45. The van der Waals surface area contributed by atoms with Crippen LogP contribution in [-0.2, 0) is 21.2 Å². The SMILES string of the molecule is CCS(=O)(=O)Nc1ccc(NC(=O)C(Cc2ccccc2)NC(=O)c2ccco2)cc1C. The van der Waals surface area contributed by atoms with Crippen molar-refractivity contribution in [3.05, 3.63) is 83.8 Å². The van der Waals surface area contributed by atoms with E-state index in [0.717, 1.165) is 5.56 Å². The standard InChI is InChI=1S/C23H25N3O5S/c1-3-32(29,30)26-19-12-11-18(14-16(19)2)24-22(27)20(15-17-8-5-4-6-9-17)25-23(28)21-10-7-13-31-21/h4-14,20,26H,3,15H2,1-2H3,(H,24,27)(H,25,28). The first kappa shape index (κ1) is 23.1. The minimum absolute atomic E-state index is 0.0402. The van der Waals surface area contributed by atoms with Gasteiger partial charge in [-0.25, -0.2) is 8.42 Å². The van der Waals surface area contributed by atoms with Crippen LogP contribution < -0.4 is 15.4 Å². The number of aryl methyl sites for hydroxylation is 1. The molecule has 2 aromatic carbocycles. The number of amides is 2. The highest BCUT2D eigenvalue weighted by molar-refractivity contribution is 7.92. The lowest BCUT2D eigenvalue weighted by atomic mass is 10.0. The zero-order chi connectivity index (χ0) is 23.1. The molecule has 3 N–H and O–H groups in total. The quantitative estimate of drug-likeness (QED) is 0.457. The molecule has 0 spiro atoms. The number of rotatable bonds is 9. The highest BCUT2D eigenvalue weighted by Gasteiger charge is 2.23. The van der Waals surface area contributed by atoms with Crippen molar-refractivity contribution in [2.45, 2.75) is 26.3 Å². The zero-order valence-corrected chi connectivity index (χ0v) is 18.6. The van der Waals surface area contributed by atoms with Gasteiger partial charge in [0, 0.05) is 12.1 Å². The van der Waals surface area contributed by atoms with Crippen molar-refractivity contribution in [3.8, 4) is 0 Å². The number of sulfonamides is 1. The molecule has 3 aromatic rings. The van der Waals surface area contributed by atoms with Gasteiger partial charge in [0.1, 0.15) is 6.04 Å². The monoisotopic (exact) mass is 455 g/mol. The van der Waals surface area contributed by atoms with Gasteiger partial charge in [-0.3, -0.25) is 14.3 Å². The number of benzene rings is 2. The molecule has 168 valence electrons. The maximum Gasteiger partial charge on any atom is 0.287 e. The summed E-state index contributed by atoms with van der Waals surface area (Å²) in [5.74, 6) is -0.831. The summed E-state index contributed by atoms with van der Waals surface area (Å²) in [7, 11) is -3.41. The van der Waals surface area contributed by atoms with Crippen molar-refractivity contribution in [2.24, 2.45) is 0 Å².